The van der Waals surface area contributed by atoms with Crippen LogP contribution in [0.5, 0.6) is 0 Å². The molecule has 0 saturated heterocycles. The Hall–Kier alpha value is -1.94. The highest BCUT2D eigenvalue weighted by molar-refractivity contribution is 5.87. The fourth-order valence-corrected chi connectivity index (χ4v) is 1.98. The van der Waals surface area contributed by atoms with Crippen molar-refractivity contribution >= 4 is 16.9 Å². The first-order valence-electron chi connectivity index (χ1n) is 6.04. The van der Waals surface area contributed by atoms with Crippen LogP contribution in [0, 0.1) is 0 Å². The van der Waals surface area contributed by atoms with E-state index in [1.807, 2.05) is 37.3 Å². The number of para-hydroxylation sites is 1. The van der Waals surface area contributed by atoms with Gasteiger partial charge in [0.25, 0.3) is 0 Å². The van der Waals surface area contributed by atoms with Gasteiger partial charge in [0.1, 0.15) is 6.04 Å². The van der Waals surface area contributed by atoms with E-state index in [1.54, 1.807) is 6.20 Å². The standard InChI is InChI=1S/C14H16N2O2/c1-2-8-15-13(14(17)18)11-7-3-5-10-6-4-9-16-12(10)11/h3-7,9,13,15H,2,8H2,1H3,(H,17,18). The van der Waals surface area contributed by atoms with Gasteiger partial charge in [0.05, 0.1) is 5.52 Å². The summed E-state index contributed by atoms with van der Waals surface area (Å²) in [7, 11) is 0. The van der Waals surface area contributed by atoms with Crippen LogP contribution in [-0.4, -0.2) is 22.6 Å². The van der Waals surface area contributed by atoms with Gasteiger partial charge in [-0.2, -0.15) is 0 Å². The zero-order valence-corrected chi connectivity index (χ0v) is 10.3. The Balaban J connectivity index is 2.46. The van der Waals surface area contributed by atoms with Gasteiger partial charge in [-0.15, -0.1) is 0 Å². The van der Waals surface area contributed by atoms with Crippen molar-refractivity contribution in [2.75, 3.05) is 6.54 Å². The Morgan fingerprint density at radius 1 is 1.39 bits per heavy atom. The van der Waals surface area contributed by atoms with Crippen molar-refractivity contribution in [2.45, 2.75) is 19.4 Å². The number of aliphatic carboxylic acids is 1. The Labute approximate surface area is 106 Å². The number of hydrogen-bond acceptors (Lipinski definition) is 3. The molecule has 0 fully saturated rings. The predicted molar refractivity (Wildman–Crippen MR) is 70.4 cm³/mol. The molecule has 0 aliphatic carbocycles. The van der Waals surface area contributed by atoms with Gasteiger partial charge >= 0.3 is 5.97 Å². The summed E-state index contributed by atoms with van der Waals surface area (Å²) in [5, 5.41) is 13.3. The van der Waals surface area contributed by atoms with Crippen molar-refractivity contribution in [3.8, 4) is 0 Å². The highest BCUT2D eigenvalue weighted by atomic mass is 16.4. The maximum atomic E-state index is 11.4. The third-order valence-electron chi connectivity index (χ3n) is 2.82. The number of fused-ring (bicyclic) bond motifs is 1. The fourth-order valence-electron chi connectivity index (χ4n) is 1.98. The van der Waals surface area contributed by atoms with Gasteiger partial charge in [-0.3, -0.25) is 9.78 Å². The van der Waals surface area contributed by atoms with Crippen LogP contribution in [0.25, 0.3) is 10.9 Å². The van der Waals surface area contributed by atoms with E-state index < -0.39 is 12.0 Å². The molecule has 1 heterocycles. The van der Waals surface area contributed by atoms with Crippen molar-refractivity contribution in [1.29, 1.82) is 0 Å². The molecule has 0 bridgehead atoms. The zero-order chi connectivity index (χ0) is 13.0. The molecule has 1 aromatic carbocycles. The molecule has 0 radical (unpaired) electrons. The maximum Gasteiger partial charge on any atom is 0.325 e. The molecule has 94 valence electrons. The number of nitrogens with one attached hydrogen (secondary N) is 1. The molecule has 2 aromatic rings. The van der Waals surface area contributed by atoms with Crippen LogP contribution in [0.4, 0.5) is 0 Å². The fraction of sp³-hybridized carbons (Fsp3) is 0.286. The summed E-state index contributed by atoms with van der Waals surface area (Å²) in [6.45, 7) is 2.67. The van der Waals surface area contributed by atoms with E-state index in [0.717, 1.165) is 17.3 Å². The van der Waals surface area contributed by atoms with Crippen LogP contribution < -0.4 is 5.32 Å². The Bertz CT molecular complexity index is 549. The molecule has 4 heteroatoms. The van der Waals surface area contributed by atoms with Crippen molar-refractivity contribution in [1.82, 2.24) is 10.3 Å². The van der Waals surface area contributed by atoms with E-state index in [-0.39, 0.29) is 0 Å². The van der Waals surface area contributed by atoms with Crippen molar-refractivity contribution in [3.05, 3.63) is 42.1 Å². The molecule has 1 unspecified atom stereocenters. The second kappa shape index (κ2) is 5.60. The molecule has 0 saturated carbocycles. The number of benzene rings is 1. The number of carbonyl (C=O) groups is 1. The molecule has 2 rings (SSSR count). The van der Waals surface area contributed by atoms with Crippen molar-refractivity contribution in [3.63, 3.8) is 0 Å². The normalized spacial score (nSPS) is 12.5. The van der Waals surface area contributed by atoms with Crippen LogP contribution in [0.15, 0.2) is 36.5 Å². The van der Waals surface area contributed by atoms with Gasteiger partial charge in [0, 0.05) is 17.1 Å². The molecule has 0 spiro atoms. The summed E-state index contributed by atoms with van der Waals surface area (Å²) in [6.07, 6.45) is 2.58. The monoisotopic (exact) mass is 244 g/mol. The highest BCUT2D eigenvalue weighted by Gasteiger charge is 2.21. The maximum absolute atomic E-state index is 11.4. The minimum absolute atomic E-state index is 0.667. The molecule has 1 atom stereocenters. The molecule has 4 nitrogen and oxygen atoms in total. The topological polar surface area (TPSA) is 62.2 Å². The first kappa shape index (κ1) is 12.5. The number of rotatable bonds is 5. The van der Waals surface area contributed by atoms with E-state index in [2.05, 4.69) is 10.3 Å². The van der Waals surface area contributed by atoms with Gasteiger partial charge in [0.15, 0.2) is 0 Å². The average molecular weight is 244 g/mol. The quantitative estimate of drug-likeness (QED) is 0.847. The third-order valence-corrected chi connectivity index (χ3v) is 2.82. The molecule has 0 aliphatic rings. The molecule has 0 aliphatic heterocycles. The van der Waals surface area contributed by atoms with Crippen LogP contribution in [0.1, 0.15) is 24.9 Å². The van der Waals surface area contributed by atoms with Gasteiger partial charge in [-0.25, -0.2) is 0 Å². The Kier molecular flexibility index (Phi) is 3.89. The molecular weight excluding hydrogens is 228 g/mol. The molecule has 2 N–H and O–H groups in total. The van der Waals surface area contributed by atoms with Gasteiger partial charge in [-0.05, 0) is 19.0 Å². The zero-order valence-electron chi connectivity index (χ0n) is 10.3. The highest BCUT2D eigenvalue weighted by Crippen LogP contribution is 2.22. The molecule has 18 heavy (non-hydrogen) atoms. The lowest BCUT2D eigenvalue weighted by Crippen LogP contribution is -2.29. The van der Waals surface area contributed by atoms with Crippen molar-refractivity contribution < 1.29 is 9.90 Å². The molecular formula is C14H16N2O2. The summed E-state index contributed by atoms with van der Waals surface area (Å²) >= 11 is 0. The predicted octanol–water partition coefficient (Wildman–Crippen LogP) is 2.36. The number of nitrogens with zero attached hydrogens (tertiary/aromatic N) is 1. The first-order valence-corrected chi connectivity index (χ1v) is 6.04. The van der Waals surface area contributed by atoms with E-state index in [1.165, 1.54) is 0 Å². The number of pyridine rings is 1. The lowest BCUT2D eigenvalue weighted by atomic mass is 10.0. The number of aromatic nitrogens is 1. The Morgan fingerprint density at radius 2 is 2.17 bits per heavy atom. The van der Waals surface area contributed by atoms with E-state index in [0.29, 0.717) is 12.1 Å². The second-order valence-corrected chi connectivity index (χ2v) is 4.15. The smallest absolute Gasteiger partial charge is 0.325 e. The summed E-state index contributed by atoms with van der Waals surface area (Å²) in [4.78, 5) is 15.6. The minimum Gasteiger partial charge on any atom is -0.480 e. The first-order chi connectivity index (χ1) is 8.74. The van der Waals surface area contributed by atoms with Crippen LogP contribution >= 0.6 is 0 Å². The van der Waals surface area contributed by atoms with Crippen molar-refractivity contribution in [2.24, 2.45) is 0 Å². The summed E-state index contributed by atoms with van der Waals surface area (Å²) in [5.74, 6) is -0.874. The average Bonchev–Trinajstić information content (AvgIpc) is 2.39. The summed E-state index contributed by atoms with van der Waals surface area (Å²) in [5.41, 5.74) is 1.46. The lowest BCUT2D eigenvalue weighted by molar-refractivity contribution is -0.139. The Morgan fingerprint density at radius 3 is 2.89 bits per heavy atom. The van der Waals surface area contributed by atoms with Gasteiger partial charge in [0.2, 0.25) is 0 Å². The summed E-state index contributed by atoms with van der Waals surface area (Å²) < 4.78 is 0. The third kappa shape index (κ3) is 2.49. The molecule has 1 aromatic heterocycles. The van der Waals surface area contributed by atoms with E-state index in [9.17, 15) is 9.90 Å². The largest absolute Gasteiger partial charge is 0.480 e. The summed E-state index contributed by atoms with van der Waals surface area (Å²) in [6, 6.07) is 8.69. The number of carboxylic acid groups (broad SMARTS) is 1. The minimum atomic E-state index is -0.874. The van der Waals surface area contributed by atoms with E-state index >= 15 is 0 Å². The van der Waals surface area contributed by atoms with E-state index in [4.69, 9.17) is 0 Å². The van der Waals surface area contributed by atoms with Crippen LogP contribution in [0.2, 0.25) is 0 Å². The lowest BCUT2D eigenvalue weighted by Gasteiger charge is -2.15. The SMILES string of the molecule is CCCNC(C(=O)O)c1cccc2cccnc12. The van der Waals surface area contributed by atoms with Gasteiger partial charge in [-0.1, -0.05) is 31.2 Å². The second-order valence-electron chi connectivity index (χ2n) is 4.15. The molecule has 0 amide bonds. The number of carboxylic acids is 1. The van der Waals surface area contributed by atoms with Crippen LogP contribution in [0.3, 0.4) is 0 Å². The van der Waals surface area contributed by atoms with Gasteiger partial charge < -0.3 is 10.4 Å². The van der Waals surface area contributed by atoms with Crippen LogP contribution in [-0.2, 0) is 4.79 Å². The number of hydrogen-bond donors (Lipinski definition) is 2.